The number of halogens is 2. The second kappa shape index (κ2) is 6.80. The number of likely N-dealkylation sites (tertiary alicyclic amines) is 1. The van der Waals surface area contributed by atoms with Crippen molar-refractivity contribution in [3.8, 4) is 11.5 Å². The minimum Gasteiger partial charge on any atom is -0.453 e. The van der Waals surface area contributed by atoms with Gasteiger partial charge in [-0.2, -0.15) is 0 Å². The lowest BCUT2D eigenvalue weighted by molar-refractivity contribution is -0.119. The zero-order valence-electron chi connectivity index (χ0n) is 16.4. The van der Waals surface area contributed by atoms with Crippen molar-refractivity contribution < 1.29 is 14.3 Å². The Kier molecular flexibility index (Phi) is 4.59. The molecule has 2 aromatic carbocycles. The van der Waals surface area contributed by atoms with Crippen LogP contribution in [-0.4, -0.2) is 43.7 Å². The second-order valence-corrected chi connectivity index (χ2v) is 10.6. The third kappa shape index (κ3) is 3.14. The van der Waals surface area contributed by atoms with E-state index in [0.717, 1.165) is 46.6 Å². The molecule has 0 radical (unpaired) electrons. The number of rotatable bonds is 2. The monoisotopic (exact) mass is 520 g/mol. The molecule has 5 nitrogen and oxygen atoms in total. The lowest BCUT2D eigenvalue weighted by Crippen LogP contribution is -2.39. The summed E-state index contributed by atoms with van der Waals surface area (Å²) in [5, 5.41) is 0. The van der Waals surface area contributed by atoms with Gasteiger partial charge in [-0.15, -0.1) is 0 Å². The highest BCUT2D eigenvalue weighted by atomic mass is 79.9. The first-order valence-electron chi connectivity index (χ1n) is 9.68. The molecule has 29 heavy (non-hydrogen) atoms. The zero-order chi connectivity index (χ0) is 20.4. The number of hydrogen-bond acceptors (Lipinski definition) is 4. The van der Waals surface area contributed by atoms with Crippen molar-refractivity contribution in [3.63, 3.8) is 0 Å². The fraction of sp³-hybridized carbons (Fsp3) is 0.409. The number of carbonyl (C=O) groups excluding carboxylic acids is 1. The molecule has 1 amide bonds. The zero-order valence-corrected chi connectivity index (χ0v) is 19.5. The molecule has 2 saturated heterocycles. The van der Waals surface area contributed by atoms with Crippen molar-refractivity contribution in [2.75, 3.05) is 37.7 Å². The number of hydrogen-bond donors (Lipinski definition) is 0. The van der Waals surface area contributed by atoms with E-state index < -0.39 is 0 Å². The van der Waals surface area contributed by atoms with Gasteiger partial charge in [0.25, 0.3) is 0 Å². The van der Waals surface area contributed by atoms with E-state index in [9.17, 15) is 4.79 Å². The van der Waals surface area contributed by atoms with Gasteiger partial charge < -0.3 is 9.47 Å². The minimum atomic E-state index is 0.0496. The molecule has 7 heteroatoms. The number of anilines is 2. The molecule has 0 bridgehead atoms. The van der Waals surface area contributed by atoms with Crippen molar-refractivity contribution in [3.05, 3.63) is 45.3 Å². The summed E-state index contributed by atoms with van der Waals surface area (Å²) in [5.41, 5.74) is 1.74. The first-order chi connectivity index (χ1) is 13.8. The fourth-order valence-corrected chi connectivity index (χ4v) is 5.45. The molecular weight excluding hydrogens is 500 g/mol. The van der Waals surface area contributed by atoms with Crippen LogP contribution >= 0.6 is 31.9 Å². The van der Waals surface area contributed by atoms with E-state index in [2.05, 4.69) is 50.6 Å². The van der Waals surface area contributed by atoms with E-state index in [1.807, 2.05) is 36.4 Å². The lowest BCUT2D eigenvalue weighted by atomic mass is 9.71. The molecule has 0 spiro atoms. The maximum atomic E-state index is 13.6. The molecule has 3 aliphatic heterocycles. The van der Waals surface area contributed by atoms with Crippen LogP contribution in [0.2, 0.25) is 0 Å². The maximum absolute atomic E-state index is 13.6. The molecule has 2 aromatic rings. The van der Waals surface area contributed by atoms with E-state index in [-0.39, 0.29) is 16.7 Å². The summed E-state index contributed by atoms with van der Waals surface area (Å²) < 4.78 is 13.7. The average molecular weight is 522 g/mol. The Morgan fingerprint density at radius 1 is 0.966 bits per heavy atom. The van der Waals surface area contributed by atoms with E-state index in [1.165, 1.54) is 0 Å². The molecule has 0 aromatic heterocycles. The number of amides is 1. The summed E-state index contributed by atoms with van der Waals surface area (Å²) in [6.45, 7) is 8.20. The van der Waals surface area contributed by atoms with Crippen LogP contribution in [-0.2, 0) is 9.53 Å². The van der Waals surface area contributed by atoms with Crippen molar-refractivity contribution in [2.45, 2.75) is 13.8 Å². The van der Waals surface area contributed by atoms with Gasteiger partial charge in [0.05, 0.1) is 31.1 Å². The van der Waals surface area contributed by atoms with Crippen molar-refractivity contribution in [1.29, 1.82) is 0 Å². The van der Waals surface area contributed by atoms with Gasteiger partial charge in [0.2, 0.25) is 5.91 Å². The van der Waals surface area contributed by atoms with Crippen LogP contribution < -0.4 is 9.64 Å². The first-order valence-corrected chi connectivity index (χ1v) is 11.3. The third-order valence-corrected chi connectivity index (χ3v) is 7.58. The SMILES string of the molecule is C[C@@]12COC[C@]1(C)CN(CC(=O)N1c3ccc(Br)cc3Oc3cc(Br)ccc31)C2. The predicted octanol–water partition coefficient (Wildman–Crippen LogP) is 5.34. The average Bonchev–Trinajstić information content (AvgIpc) is 3.05. The molecule has 3 heterocycles. The molecule has 2 fully saturated rings. The van der Waals surface area contributed by atoms with E-state index in [0.29, 0.717) is 18.0 Å². The van der Waals surface area contributed by atoms with Crippen LogP contribution in [0.25, 0.3) is 0 Å². The topological polar surface area (TPSA) is 42.0 Å². The largest absolute Gasteiger partial charge is 0.453 e. The first kappa shape index (κ1) is 19.5. The number of ether oxygens (including phenoxy) is 2. The Labute approximate surface area is 187 Å². The van der Waals surface area contributed by atoms with Gasteiger partial charge in [-0.25, -0.2) is 0 Å². The van der Waals surface area contributed by atoms with Crippen molar-refractivity contribution >= 4 is 49.1 Å². The molecule has 2 atom stereocenters. The Balaban J connectivity index is 1.47. The van der Waals surface area contributed by atoms with Gasteiger partial charge in [0.1, 0.15) is 0 Å². The lowest BCUT2D eigenvalue weighted by Gasteiger charge is -2.32. The summed E-state index contributed by atoms with van der Waals surface area (Å²) in [6, 6.07) is 11.5. The van der Waals surface area contributed by atoms with Gasteiger partial charge in [-0.1, -0.05) is 45.7 Å². The Hall–Kier alpha value is -1.41. The number of benzene rings is 2. The Morgan fingerprint density at radius 3 is 2.00 bits per heavy atom. The van der Waals surface area contributed by atoms with Gasteiger partial charge in [-0.05, 0) is 36.4 Å². The molecule has 0 saturated carbocycles. The van der Waals surface area contributed by atoms with Crippen LogP contribution in [0.15, 0.2) is 45.3 Å². The van der Waals surface area contributed by atoms with Crippen LogP contribution in [0.5, 0.6) is 11.5 Å². The maximum Gasteiger partial charge on any atom is 0.245 e. The highest BCUT2D eigenvalue weighted by Crippen LogP contribution is 2.51. The van der Waals surface area contributed by atoms with E-state index in [4.69, 9.17) is 9.47 Å². The highest BCUT2D eigenvalue weighted by Gasteiger charge is 2.56. The molecule has 0 unspecified atom stereocenters. The predicted molar refractivity (Wildman–Crippen MR) is 119 cm³/mol. The minimum absolute atomic E-state index is 0.0496. The van der Waals surface area contributed by atoms with Crippen LogP contribution in [0.1, 0.15) is 13.8 Å². The van der Waals surface area contributed by atoms with Crippen LogP contribution in [0.4, 0.5) is 11.4 Å². The summed E-state index contributed by atoms with van der Waals surface area (Å²) in [5.74, 6) is 1.39. The standard InChI is InChI=1S/C22H22Br2N2O3/c1-21-10-25(11-22(21,2)13-28-12-21)9-20(27)26-16-5-3-14(23)7-18(16)29-19-8-15(24)4-6-17(19)26/h3-8H,9-13H2,1-2H3/t21-,22+. The van der Waals surface area contributed by atoms with Gasteiger partial charge in [0, 0.05) is 32.9 Å². The second-order valence-electron chi connectivity index (χ2n) is 8.81. The van der Waals surface area contributed by atoms with Gasteiger partial charge in [-0.3, -0.25) is 14.6 Å². The normalized spacial score (nSPS) is 27.9. The summed E-state index contributed by atoms with van der Waals surface area (Å²) in [7, 11) is 0. The number of fused-ring (bicyclic) bond motifs is 3. The highest BCUT2D eigenvalue weighted by molar-refractivity contribution is 9.10. The van der Waals surface area contributed by atoms with E-state index in [1.54, 1.807) is 4.90 Å². The molecule has 3 aliphatic rings. The van der Waals surface area contributed by atoms with Crippen LogP contribution in [0, 0.1) is 10.8 Å². The Bertz CT molecular complexity index is 944. The Morgan fingerprint density at radius 2 is 1.48 bits per heavy atom. The molecule has 0 aliphatic carbocycles. The van der Waals surface area contributed by atoms with Crippen molar-refractivity contribution in [2.24, 2.45) is 10.8 Å². The van der Waals surface area contributed by atoms with E-state index >= 15 is 0 Å². The van der Waals surface area contributed by atoms with Crippen molar-refractivity contribution in [1.82, 2.24) is 4.90 Å². The molecule has 152 valence electrons. The van der Waals surface area contributed by atoms with Crippen LogP contribution in [0.3, 0.4) is 0 Å². The smallest absolute Gasteiger partial charge is 0.245 e. The van der Waals surface area contributed by atoms with Gasteiger partial charge >= 0.3 is 0 Å². The summed E-state index contributed by atoms with van der Waals surface area (Å²) in [4.78, 5) is 17.6. The third-order valence-electron chi connectivity index (χ3n) is 6.60. The summed E-state index contributed by atoms with van der Waals surface area (Å²) in [6.07, 6.45) is 0. The molecule has 0 N–H and O–H groups in total. The number of carbonyl (C=O) groups is 1. The molecular formula is C22H22Br2N2O3. The summed E-state index contributed by atoms with van der Waals surface area (Å²) >= 11 is 7.00. The number of nitrogens with zero attached hydrogens (tertiary/aromatic N) is 2. The van der Waals surface area contributed by atoms with Gasteiger partial charge in [0.15, 0.2) is 11.5 Å². The fourth-order valence-electron chi connectivity index (χ4n) is 4.77. The quantitative estimate of drug-likeness (QED) is 0.535. The molecule has 5 rings (SSSR count).